The fourth-order valence-corrected chi connectivity index (χ4v) is 3.00. The average Bonchev–Trinajstić information content (AvgIpc) is 2.28. The Labute approximate surface area is 119 Å². The Morgan fingerprint density at radius 3 is 2.67 bits per heavy atom. The van der Waals surface area contributed by atoms with Gasteiger partial charge in [-0.15, -0.1) is 6.58 Å². The smallest absolute Gasteiger partial charge is 0.336 e. The van der Waals surface area contributed by atoms with Crippen molar-refractivity contribution in [2.45, 2.75) is 17.9 Å². The van der Waals surface area contributed by atoms with Gasteiger partial charge in [-0.3, -0.25) is 0 Å². The summed E-state index contributed by atoms with van der Waals surface area (Å²) in [5, 5.41) is 8.95. The van der Waals surface area contributed by atoms with E-state index >= 15 is 0 Å². The molecule has 0 fully saturated rings. The van der Waals surface area contributed by atoms with Crippen molar-refractivity contribution in [2.24, 2.45) is 0 Å². The molecule has 0 bridgehead atoms. The number of carboxylic acid groups (broad SMARTS) is 1. The quantitative estimate of drug-likeness (QED) is 0.602. The Morgan fingerprint density at radius 2 is 2.17 bits per heavy atom. The maximum Gasteiger partial charge on any atom is 0.336 e. The van der Waals surface area contributed by atoms with Crippen molar-refractivity contribution in [1.29, 1.82) is 0 Å². The van der Waals surface area contributed by atoms with E-state index < -0.39 is 22.0 Å². The number of hydrogen-bond acceptors (Lipinski definition) is 3. The molecule has 1 rings (SSSR count). The van der Waals surface area contributed by atoms with E-state index in [1.807, 2.05) is 22.6 Å². The summed E-state index contributed by atoms with van der Waals surface area (Å²) in [7, 11) is -3.73. The molecule has 0 aliphatic heterocycles. The normalized spacial score (nSPS) is 13.0. The van der Waals surface area contributed by atoms with Crippen LogP contribution in [-0.2, 0) is 10.0 Å². The Kier molecular flexibility index (Phi) is 4.88. The molecular weight excluding hydrogens is 369 g/mol. The molecule has 0 aliphatic rings. The van der Waals surface area contributed by atoms with Crippen LogP contribution >= 0.6 is 22.6 Å². The first-order valence-corrected chi connectivity index (χ1v) is 7.52. The zero-order chi connectivity index (χ0) is 13.9. The monoisotopic (exact) mass is 381 g/mol. The molecule has 0 aliphatic carbocycles. The molecule has 98 valence electrons. The molecule has 0 amide bonds. The molecule has 2 N–H and O–H groups in total. The Morgan fingerprint density at radius 1 is 1.56 bits per heavy atom. The summed E-state index contributed by atoms with van der Waals surface area (Å²) < 4.78 is 26.7. The third-order valence-electron chi connectivity index (χ3n) is 2.17. The molecule has 0 aromatic heterocycles. The number of nitrogens with one attached hydrogen (secondary N) is 1. The van der Waals surface area contributed by atoms with E-state index in [-0.39, 0.29) is 10.5 Å². The number of sulfonamides is 1. The largest absolute Gasteiger partial charge is 0.478 e. The van der Waals surface area contributed by atoms with Gasteiger partial charge in [0.25, 0.3) is 0 Å². The first-order valence-electron chi connectivity index (χ1n) is 4.95. The van der Waals surface area contributed by atoms with Crippen molar-refractivity contribution in [3.8, 4) is 0 Å². The second-order valence-electron chi connectivity index (χ2n) is 3.59. The van der Waals surface area contributed by atoms with Gasteiger partial charge in [-0.2, -0.15) is 0 Å². The number of carboxylic acids is 1. The van der Waals surface area contributed by atoms with E-state index in [2.05, 4.69) is 11.3 Å². The average molecular weight is 381 g/mol. The lowest BCUT2D eigenvalue weighted by atomic mass is 10.2. The lowest BCUT2D eigenvalue weighted by molar-refractivity contribution is 0.0695. The minimum atomic E-state index is -3.73. The predicted octanol–water partition coefficient (Wildman–Crippen LogP) is 1.84. The van der Waals surface area contributed by atoms with Crippen LogP contribution in [0.3, 0.4) is 0 Å². The minimum absolute atomic E-state index is 0.0373. The molecule has 0 heterocycles. The van der Waals surface area contributed by atoms with E-state index in [1.54, 1.807) is 6.92 Å². The molecule has 1 aromatic rings. The van der Waals surface area contributed by atoms with Crippen LogP contribution in [0.1, 0.15) is 17.3 Å². The van der Waals surface area contributed by atoms with Crippen LogP contribution in [-0.4, -0.2) is 25.5 Å². The van der Waals surface area contributed by atoms with Crippen molar-refractivity contribution in [1.82, 2.24) is 4.72 Å². The molecule has 0 saturated heterocycles. The molecular formula is C11H12INO4S. The van der Waals surface area contributed by atoms with Crippen molar-refractivity contribution in [3.05, 3.63) is 40.0 Å². The summed E-state index contributed by atoms with van der Waals surface area (Å²) in [6.45, 7) is 5.11. The van der Waals surface area contributed by atoms with Gasteiger partial charge >= 0.3 is 5.97 Å². The summed E-state index contributed by atoms with van der Waals surface area (Å²) in [5.74, 6) is -1.16. The highest BCUT2D eigenvalue weighted by Crippen LogP contribution is 2.18. The summed E-state index contributed by atoms with van der Waals surface area (Å²) in [6.07, 6.45) is 1.45. The molecule has 1 unspecified atom stereocenters. The molecule has 7 heteroatoms. The van der Waals surface area contributed by atoms with Crippen LogP contribution in [0.4, 0.5) is 0 Å². The first-order chi connectivity index (χ1) is 8.27. The van der Waals surface area contributed by atoms with E-state index in [4.69, 9.17) is 5.11 Å². The van der Waals surface area contributed by atoms with Gasteiger partial charge in [0.15, 0.2) is 0 Å². The Balaban J connectivity index is 3.22. The maximum absolute atomic E-state index is 11.9. The van der Waals surface area contributed by atoms with Crippen LogP contribution in [0.25, 0.3) is 0 Å². The van der Waals surface area contributed by atoms with Gasteiger partial charge in [-0.1, -0.05) is 6.08 Å². The zero-order valence-electron chi connectivity index (χ0n) is 9.55. The topological polar surface area (TPSA) is 83.5 Å². The maximum atomic E-state index is 11.9. The van der Waals surface area contributed by atoms with Crippen molar-refractivity contribution in [2.75, 3.05) is 0 Å². The van der Waals surface area contributed by atoms with Gasteiger partial charge in [-0.25, -0.2) is 17.9 Å². The van der Waals surface area contributed by atoms with E-state index in [9.17, 15) is 13.2 Å². The van der Waals surface area contributed by atoms with Gasteiger partial charge in [0.1, 0.15) is 0 Å². The van der Waals surface area contributed by atoms with Gasteiger partial charge in [0, 0.05) is 9.61 Å². The fraction of sp³-hybridized carbons (Fsp3) is 0.182. The van der Waals surface area contributed by atoms with Crippen molar-refractivity contribution < 1.29 is 18.3 Å². The van der Waals surface area contributed by atoms with Crippen molar-refractivity contribution in [3.63, 3.8) is 0 Å². The van der Waals surface area contributed by atoms with Crippen LogP contribution in [0.2, 0.25) is 0 Å². The SMILES string of the molecule is C=CC(C)NS(=O)(=O)c1ccc(I)c(C(=O)O)c1. The second kappa shape index (κ2) is 5.81. The highest BCUT2D eigenvalue weighted by molar-refractivity contribution is 14.1. The Hall–Kier alpha value is -0.930. The number of aromatic carboxylic acids is 1. The van der Waals surface area contributed by atoms with Crippen LogP contribution in [0.15, 0.2) is 35.7 Å². The summed E-state index contributed by atoms with van der Waals surface area (Å²) >= 11 is 1.84. The molecule has 5 nitrogen and oxygen atoms in total. The number of hydrogen-bond donors (Lipinski definition) is 2. The Bertz CT molecular complexity index is 583. The van der Waals surface area contributed by atoms with Crippen LogP contribution < -0.4 is 4.72 Å². The molecule has 1 atom stereocenters. The molecule has 1 aromatic carbocycles. The standard InChI is InChI=1S/C11H12INO4S/c1-3-7(2)13-18(16,17)8-4-5-10(12)9(6-8)11(14)15/h3-7,13H,1H2,2H3,(H,14,15). The predicted molar refractivity (Wildman–Crippen MR) is 76.1 cm³/mol. The van der Waals surface area contributed by atoms with Crippen LogP contribution in [0, 0.1) is 3.57 Å². The number of benzene rings is 1. The number of rotatable bonds is 5. The van der Waals surface area contributed by atoms with Gasteiger partial charge < -0.3 is 5.11 Å². The van der Waals surface area contributed by atoms with Gasteiger partial charge in [0.05, 0.1) is 10.5 Å². The number of halogens is 1. The van der Waals surface area contributed by atoms with Crippen LogP contribution in [0.5, 0.6) is 0 Å². The second-order valence-corrected chi connectivity index (χ2v) is 6.47. The molecule has 0 radical (unpaired) electrons. The molecule has 18 heavy (non-hydrogen) atoms. The first kappa shape index (κ1) is 15.1. The summed E-state index contributed by atoms with van der Waals surface area (Å²) in [5.41, 5.74) is -0.0373. The zero-order valence-corrected chi connectivity index (χ0v) is 12.5. The molecule has 0 saturated carbocycles. The minimum Gasteiger partial charge on any atom is -0.478 e. The summed E-state index contributed by atoms with van der Waals surface area (Å²) in [4.78, 5) is 10.9. The summed E-state index contributed by atoms with van der Waals surface area (Å²) in [6, 6.07) is 3.54. The van der Waals surface area contributed by atoms with Gasteiger partial charge in [0.2, 0.25) is 10.0 Å². The highest BCUT2D eigenvalue weighted by Gasteiger charge is 2.19. The van der Waals surface area contributed by atoms with E-state index in [0.717, 1.165) is 6.07 Å². The number of carbonyl (C=O) groups is 1. The molecule has 0 spiro atoms. The van der Waals surface area contributed by atoms with Crippen molar-refractivity contribution >= 4 is 38.6 Å². The third-order valence-corrected chi connectivity index (χ3v) is 4.67. The fourth-order valence-electron chi connectivity index (χ4n) is 1.20. The lowest BCUT2D eigenvalue weighted by Gasteiger charge is -2.11. The lowest BCUT2D eigenvalue weighted by Crippen LogP contribution is -2.31. The third kappa shape index (κ3) is 3.53. The highest BCUT2D eigenvalue weighted by atomic mass is 127. The van der Waals surface area contributed by atoms with Gasteiger partial charge in [-0.05, 0) is 47.7 Å². The van der Waals surface area contributed by atoms with E-state index in [1.165, 1.54) is 18.2 Å². The van der Waals surface area contributed by atoms with E-state index in [0.29, 0.717) is 3.57 Å².